The Morgan fingerprint density at radius 3 is 2.74 bits per heavy atom. The molecule has 0 fully saturated rings. The van der Waals surface area contributed by atoms with E-state index in [-0.39, 0.29) is 6.79 Å². The fourth-order valence-electron chi connectivity index (χ4n) is 3.36. The summed E-state index contributed by atoms with van der Waals surface area (Å²) in [4.78, 5) is 9.26. The third-order valence-electron chi connectivity index (χ3n) is 4.71. The van der Waals surface area contributed by atoms with Crippen LogP contribution in [0.2, 0.25) is 0 Å². The second kappa shape index (κ2) is 6.32. The monoisotopic (exact) mass is 358 g/mol. The quantitative estimate of drug-likeness (QED) is 0.599. The van der Waals surface area contributed by atoms with Gasteiger partial charge in [0, 0.05) is 12.6 Å². The Bertz CT molecular complexity index is 1120. The molecule has 3 heterocycles. The highest BCUT2D eigenvalue weighted by atomic mass is 16.7. The van der Waals surface area contributed by atoms with Crippen LogP contribution in [-0.4, -0.2) is 28.4 Å². The van der Waals surface area contributed by atoms with E-state index in [4.69, 9.17) is 9.47 Å². The first-order valence-electron chi connectivity index (χ1n) is 8.80. The minimum absolute atomic E-state index is 0.265. The molecule has 0 radical (unpaired) electrons. The van der Waals surface area contributed by atoms with Crippen LogP contribution >= 0.6 is 0 Å². The second-order valence-corrected chi connectivity index (χ2v) is 6.38. The van der Waals surface area contributed by atoms with Crippen molar-refractivity contribution in [2.45, 2.75) is 6.54 Å². The molecule has 1 aliphatic rings. The third-order valence-corrected chi connectivity index (χ3v) is 4.71. The highest BCUT2D eigenvalue weighted by Crippen LogP contribution is 2.36. The summed E-state index contributed by atoms with van der Waals surface area (Å²) in [6.45, 7) is 0.999. The molecule has 0 atom stereocenters. The van der Waals surface area contributed by atoms with Crippen LogP contribution < -0.4 is 14.8 Å². The largest absolute Gasteiger partial charge is 0.454 e. The van der Waals surface area contributed by atoms with Gasteiger partial charge in [-0.2, -0.15) is 0 Å². The van der Waals surface area contributed by atoms with Crippen molar-refractivity contribution in [3.63, 3.8) is 0 Å². The Kier molecular flexibility index (Phi) is 3.67. The molecule has 0 unspecified atom stereocenters. The lowest BCUT2D eigenvalue weighted by atomic mass is 10.1. The van der Waals surface area contributed by atoms with E-state index >= 15 is 0 Å². The van der Waals surface area contributed by atoms with Gasteiger partial charge in [0.2, 0.25) is 12.7 Å². The number of fused-ring (bicyclic) bond motifs is 2. The van der Waals surface area contributed by atoms with Crippen molar-refractivity contribution in [1.29, 1.82) is 0 Å². The number of hydrogen-bond donors (Lipinski definition) is 1. The van der Waals surface area contributed by atoms with Crippen molar-refractivity contribution in [3.05, 3.63) is 66.4 Å². The first kappa shape index (κ1) is 15.7. The zero-order valence-electron chi connectivity index (χ0n) is 14.8. The van der Waals surface area contributed by atoms with E-state index in [0.717, 1.165) is 46.3 Å². The van der Waals surface area contributed by atoms with Crippen LogP contribution in [0, 0.1) is 0 Å². The summed E-state index contributed by atoms with van der Waals surface area (Å²) in [6, 6.07) is 18.3. The lowest BCUT2D eigenvalue weighted by Gasteiger charge is -2.09. The lowest BCUT2D eigenvalue weighted by molar-refractivity contribution is 0.174. The Hall–Kier alpha value is -3.54. The smallest absolute Gasteiger partial charge is 0.231 e. The molecular weight excluding hydrogens is 340 g/mol. The molecule has 2 aromatic carbocycles. The average Bonchev–Trinajstić information content (AvgIpc) is 3.32. The molecule has 1 aliphatic heterocycles. The fraction of sp³-hybridized carbons (Fsp3) is 0.143. The molecule has 0 saturated carbocycles. The Morgan fingerprint density at radius 2 is 1.89 bits per heavy atom. The van der Waals surface area contributed by atoms with Gasteiger partial charge in [0.1, 0.15) is 5.52 Å². The molecule has 0 amide bonds. The number of nitrogens with one attached hydrogen (secondary N) is 1. The van der Waals surface area contributed by atoms with Gasteiger partial charge < -0.3 is 19.4 Å². The predicted octanol–water partition coefficient (Wildman–Crippen LogP) is 3.92. The molecule has 4 aromatic rings. The van der Waals surface area contributed by atoms with Gasteiger partial charge in [-0.1, -0.05) is 30.3 Å². The average molecular weight is 358 g/mol. The second-order valence-electron chi connectivity index (χ2n) is 6.38. The summed E-state index contributed by atoms with van der Waals surface area (Å²) in [7, 11) is 1.88. The van der Waals surface area contributed by atoms with Gasteiger partial charge in [0.15, 0.2) is 11.5 Å². The fourth-order valence-corrected chi connectivity index (χ4v) is 3.36. The van der Waals surface area contributed by atoms with Gasteiger partial charge in [-0.25, -0.2) is 4.98 Å². The van der Waals surface area contributed by atoms with E-state index in [9.17, 15) is 0 Å². The number of ether oxygens (including phenoxy) is 2. The van der Waals surface area contributed by atoms with Gasteiger partial charge in [0.25, 0.3) is 0 Å². The molecule has 2 aromatic heterocycles. The van der Waals surface area contributed by atoms with Gasteiger partial charge >= 0.3 is 0 Å². The Balaban J connectivity index is 1.61. The van der Waals surface area contributed by atoms with E-state index in [1.54, 1.807) is 0 Å². The molecule has 0 saturated heterocycles. The van der Waals surface area contributed by atoms with Gasteiger partial charge in [-0.15, -0.1) is 0 Å². The number of rotatable bonds is 4. The number of hydrogen-bond acceptors (Lipinski definition) is 5. The zero-order valence-corrected chi connectivity index (χ0v) is 14.8. The van der Waals surface area contributed by atoms with Crippen molar-refractivity contribution >= 4 is 17.0 Å². The van der Waals surface area contributed by atoms with Crippen molar-refractivity contribution in [2.24, 2.45) is 0 Å². The zero-order chi connectivity index (χ0) is 18.2. The van der Waals surface area contributed by atoms with Crippen LogP contribution in [-0.2, 0) is 6.54 Å². The Labute approximate surface area is 156 Å². The maximum Gasteiger partial charge on any atom is 0.231 e. The summed E-state index contributed by atoms with van der Waals surface area (Å²) in [5.74, 6) is 2.34. The number of benzene rings is 2. The topological polar surface area (TPSA) is 61.2 Å². The number of nitrogens with zero attached hydrogens (tertiary/aromatic N) is 3. The first-order chi connectivity index (χ1) is 13.3. The van der Waals surface area contributed by atoms with E-state index in [1.807, 2.05) is 49.6 Å². The van der Waals surface area contributed by atoms with E-state index < -0.39 is 0 Å². The van der Waals surface area contributed by atoms with E-state index in [2.05, 4.69) is 38.1 Å². The summed E-state index contributed by atoms with van der Waals surface area (Å²) >= 11 is 0. The minimum Gasteiger partial charge on any atom is -0.454 e. The summed E-state index contributed by atoms with van der Waals surface area (Å²) < 4.78 is 13.1. The maximum absolute atomic E-state index is 5.49. The highest BCUT2D eigenvalue weighted by Gasteiger charge is 2.16. The number of aromatic nitrogens is 3. The lowest BCUT2D eigenvalue weighted by Crippen LogP contribution is -2.05. The molecule has 27 heavy (non-hydrogen) atoms. The maximum atomic E-state index is 5.49. The van der Waals surface area contributed by atoms with Crippen LogP contribution in [0.1, 0.15) is 5.56 Å². The number of imidazole rings is 1. The van der Waals surface area contributed by atoms with Crippen molar-refractivity contribution in [1.82, 2.24) is 14.5 Å². The summed E-state index contributed by atoms with van der Waals surface area (Å²) in [5.41, 5.74) is 4.97. The number of anilines is 1. The highest BCUT2D eigenvalue weighted by molar-refractivity contribution is 5.82. The third kappa shape index (κ3) is 2.75. The van der Waals surface area contributed by atoms with E-state index in [0.29, 0.717) is 0 Å². The van der Waals surface area contributed by atoms with E-state index in [1.165, 1.54) is 5.56 Å². The first-order valence-corrected chi connectivity index (χ1v) is 8.80. The molecule has 0 aliphatic carbocycles. The van der Waals surface area contributed by atoms with Crippen LogP contribution in [0.15, 0.2) is 60.8 Å². The SMILES string of the molecule is CNc1nc2cnc(-c3ccc4c(c3)OCO4)cc2n1Cc1ccccc1. The van der Waals surface area contributed by atoms with Crippen molar-refractivity contribution < 1.29 is 9.47 Å². The molecule has 1 N–H and O–H groups in total. The molecule has 134 valence electrons. The molecule has 6 heteroatoms. The Morgan fingerprint density at radius 1 is 1.04 bits per heavy atom. The van der Waals surface area contributed by atoms with Gasteiger partial charge in [-0.3, -0.25) is 4.98 Å². The van der Waals surface area contributed by atoms with Crippen LogP contribution in [0.4, 0.5) is 5.95 Å². The summed E-state index contributed by atoms with van der Waals surface area (Å²) in [6.07, 6.45) is 1.82. The molecule has 6 nitrogen and oxygen atoms in total. The van der Waals surface area contributed by atoms with Crippen LogP contribution in [0.25, 0.3) is 22.3 Å². The number of pyridine rings is 1. The predicted molar refractivity (Wildman–Crippen MR) is 104 cm³/mol. The summed E-state index contributed by atoms with van der Waals surface area (Å²) in [5, 5.41) is 3.19. The van der Waals surface area contributed by atoms with Crippen LogP contribution in [0.3, 0.4) is 0 Å². The standard InChI is InChI=1S/C21H18N4O2/c1-22-21-24-17-11-23-16(15-7-8-19-20(9-15)27-13-26-19)10-18(17)25(21)12-14-5-3-2-4-6-14/h2-11H,12-13H2,1H3,(H,22,24). The minimum atomic E-state index is 0.265. The van der Waals surface area contributed by atoms with Gasteiger partial charge in [-0.05, 0) is 29.8 Å². The van der Waals surface area contributed by atoms with Crippen molar-refractivity contribution in [3.8, 4) is 22.8 Å². The van der Waals surface area contributed by atoms with Crippen LogP contribution in [0.5, 0.6) is 11.5 Å². The molecular formula is C21H18N4O2. The normalized spacial score (nSPS) is 12.5. The molecule has 0 bridgehead atoms. The van der Waals surface area contributed by atoms with Gasteiger partial charge in [0.05, 0.1) is 24.0 Å². The molecule has 0 spiro atoms. The van der Waals surface area contributed by atoms with Crippen molar-refractivity contribution in [2.75, 3.05) is 19.2 Å². The molecule has 5 rings (SSSR count).